The number of hydrazone groups is 2. The molecule has 9 nitrogen and oxygen atoms in total. The normalized spacial score (nSPS) is 11.1. The number of aromatic hydroxyl groups is 5. The van der Waals surface area contributed by atoms with Gasteiger partial charge < -0.3 is 25.5 Å². The Morgan fingerprint density at radius 1 is 0.808 bits per heavy atom. The minimum absolute atomic E-state index is 0.0466. The van der Waals surface area contributed by atoms with Crippen molar-refractivity contribution in [2.75, 3.05) is 0 Å². The molecular weight excluding hydrogens is 360 g/mol. The SMILES string of the molecule is Cc1c(O)cc(/C=N/NC(=S)N/N=C/c2cc(O)c(O)c(O)c2)cc1O. The lowest BCUT2D eigenvalue weighted by Crippen LogP contribution is -2.28. The first-order valence-electron chi connectivity index (χ1n) is 7.17. The van der Waals surface area contributed by atoms with Crippen LogP contribution >= 0.6 is 12.2 Å². The van der Waals surface area contributed by atoms with Crippen molar-refractivity contribution in [1.82, 2.24) is 10.9 Å². The Morgan fingerprint density at radius 3 is 1.62 bits per heavy atom. The minimum Gasteiger partial charge on any atom is -0.508 e. The van der Waals surface area contributed by atoms with Crippen molar-refractivity contribution < 1.29 is 25.5 Å². The largest absolute Gasteiger partial charge is 0.508 e. The molecule has 2 aromatic carbocycles. The van der Waals surface area contributed by atoms with Crippen LogP contribution in [-0.4, -0.2) is 43.1 Å². The second-order valence-electron chi connectivity index (χ2n) is 5.16. The third-order valence-electron chi connectivity index (χ3n) is 3.23. The number of hydrogen-bond donors (Lipinski definition) is 7. The van der Waals surface area contributed by atoms with E-state index in [1.807, 2.05) is 0 Å². The number of nitrogens with one attached hydrogen (secondary N) is 2. The number of nitrogens with zero attached hydrogens (tertiary/aromatic N) is 2. The van der Waals surface area contributed by atoms with Crippen LogP contribution in [-0.2, 0) is 0 Å². The van der Waals surface area contributed by atoms with Crippen LogP contribution in [0.15, 0.2) is 34.5 Å². The summed E-state index contributed by atoms with van der Waals surface area (Å²) in [7, 11) is 0. The summed E-state index contributed by atoms with van der Waals surface area (Å²) in [6.07, 6.45) is 2.60. The van der Waals surface area contributed by atoms with Crippen LogP contribution in [0.5, 0.6) is 28.7 Å². The van der Waals surface area contributed by atoms with Crippen LogP contribution in [0.25, 0.3) is 0 Å². The summed E-state index contributed by atoms with van der Waals surface area (Å²) in [4.78, 5) is 0. The minimum atomic E-state index is -0.616. The van der Waals surface area contributed by atoms with Crippen molar-refractivity contribution in [1.29, 1.82) is 0 Å². The molecule has 0 radical (unpaired) electrons. The van der Waals surface area contributed by atoms with E-state index in [2.05, 4.69) is 21.1 Å². The Hall–Kier alpha value is -3.53. The standard InChI is InChI=1S/C16H16N4O5S/c1-8-11(21)2-9(3-12(8)22)6-17-19-16(26)20-18-7-10-4-13(23)15(25)14(24)5-10/h2-7,21-25H,1H3,(H2,19,20,26)/b17-6+,18-7+. The van der Waals surface area contributed by atoms with Gasteiger partial charge in [0, 0.05) is 16.7 Å². The lowest BCUT2D eigenvalue weighted by atomic mass is 10.1. The highest BCUT2D eigenvalue weighted by atomic mass is 32.1. The third kappa shape index (κ3) is 4.74. The van der Waals surface area contributed by atoms with Crippen molar-refractivity contribution in [3.8, 4) is 28.7 Å². The molecule has 7 N–H and O–H groups in total. The Labute approximate surface area is 153 Å². The second kappa shape index (κ2) is 8.03. The topological polar surface area (TPSA) is 150 Å². The summed E-state index contributed by atoms with van der Waals surface area (Å²) in [5.41, 5.74) is 6.08. The van der Waals surface area contributed by atoms with Crippen molar-refractivity contribution in [3.63, 3.8) is 0 Å². The molecule has 0 saturated heterocycles. The monoisotopic (exact) mass is 376 g/mol. The van der Waals surface area contributed by atoms with Gasteiger partial charge >= 0.3 is 0 Å². The molecule has 0 heterocycles. The van der Waals surface area contributed by atoms with Gasteiger partial charge in [-0.15, -0.1) is 0 Å². The van der Waals surface area contributed by atoms with Gasteiger partial charge in [-0.1, -0.05) is 0 Å². The Morgan fingerprint density at radius 2 is 1.19 bits per heavy atom. The Kier molecular flexibility index (Phi) is 5.81. The van der Waals surface area contributed by atoms with E-state index in [0.29, 0.717) is 16.7 Å². The van der Waals surface area contributed by atoms with Crippen LogP contribution in [0.4, 0.5) is 0 Å². The first kappa shape index (κ1) is 18.8. The quantitative estimate of drug-likeness (QED) is 0.183. The van der Waals surface area contributed by atoms with Gasteiger partial charge in [0.15, 0.2) is 17.2 Å². The Balaban J connectivity index is 1.91. The first-order valence-corrected chi connectivity index (χ1v) is 7.58. The molecule has 0 saturated carbocycles. The molecule has 0 aliphatic heterocycles. The summed E-state index contributed by atoms with van der Waals surface area (Å²) in [6, 6.07) is 5.26. The fourth-order valence-corrected chi connectivity index (χ4v) is 1.94. The van der Waals surface area contributed by atoms with Crippen LogP contribution in [0.1, 0.15) is 16.7 Å². The average Bonchev–Trinajstić information content (AvgIpc) is 2.57. The van der Waals surface area contributed by atoms with Gasteiger partial charge in [-0.2, -0.15) is 10.2 Å². The smallest absolute Gasteiger partial charge is 0.207 e. The zero-order chi connectivity index (χ0) is 19.3. The molecule has 0 aromatic heterocycles. The van der Waals surface area contributed by atoms with Crippen LogP contribution < -0.4 is 10.9 Å². The average molecular weight is 376 g/mol. The summed E-state index contributed by atoms with van der Waals surface area (Å²) >= 11 is 4.94. The van der Waals surface area contributed by atoms with E-state index in [1.54, 1.807) is 6.92 Å². The van der Waals surface area contributed by atoms with E-state index in [-0.39, 0.29) is 16.6 Å². The molecular formula is C16H16N4O5S. The lowest BCUT2D eigenvalue weighted by molar-refractivity contribution is 0.368. The highest BCUT2D eigenvalue weighted by Crippen LogP contribution is 2.34. The van der Waals surface area contributed by atoms with Crippen molar-refractivity contribution in [3.05, 3.63) is 41.0 Å². The van der Waals surface area contributed by atoms with E-state index >= 15 is 0 Å². The predicted octanol–water partition coefficient (Wildman–Crippen LogP) is 1.36. The molecule has 0 fully saturated rings. The molecule has 0 spiro atoms. The van der Waals surface area contributed by atoms with Crippen molar-refractivity contribution >= 4 is 29.8 Å². The molecule has 10 heteroatoms. The lowest BCUT2D eigenvalue weighted by Gasteiger charge is -2.04. The van der Waals surface area contributed by atoms with E-state index in [1.165, 1.54) is 36.7 Å². The number of hydrogen-bond acceptors (Lipinski definition) is 8. The Bertz CT molecular complexity index is 781. The summed E-state index contributed by atoms with van der Waals surface area (Å²) in [5, 5.41) is 54.9. The van der Waals surface area contributed by atoms with Gasteiger partial charge in [-0.25, -0.2) is 0 Å². The van der Waals surface area contributed by atoms with Crippen molar-refractivity contribution in [2.45, 2.75) is 6.92 Å². The maximum atomic E-state index is 9.62. The molecule has 2 aromatic rings. The third-order valence-corrected chi connectivity index (χ3v) is 3.41. The van der Waals surface area contributed by atoms with E-state index < -0.39 is 17.2 Å². The molecule has 0 bridgehead atoms. The second-order valence-corrected chi connectivity index (χ2v) is 5.57. The van der Waals surface area contributed by atoms with Crippen LogP contribution in [0, 0.1) is 6.92 Å². The maximum absolute atomic E-state index is 9.62. The zero-order valence-electron chi connectivity index (χ0n) is 13.5. The fourth-order valence-electron chi connectivity index (χ4n) is 1.84. The van der Waals surface area contributed by atoms with Crippen LogP contribution in [0.3, 0.4) is 0 Å². The van der Waals surface area contributed by atoms with Gasteiger partial charge in [0.2, 0.25) is 5.11 Å². The maximum Gasteiger partial charge on any atom is 0.207 e. The zero-order valence-corrected chi connectivity index (χ0v) is 14.3. The number of phenols is 5. The predicted molar refractivity (Wildman–Crippen MR) is 100 cm³/mol. The highest BCUT2D eigenvalue weighted by molar-refractivity contribution is 7.80. The molecule has 2 rings (SSSR count). The first-order chi connectivity index (χ1) is 12.3. The number of benzene rings is 2. The summed E-state index contributed by atoms with van der Waals surface area (Å²) in [5.74, 6) is -1.70. The molecule has 0 aliphatic rings. The van der Waals surface area contributed by atoms with E-state index in [0.717, 1.165) is 0 Å². The molecule has 0 aliphatic carbocycles. The van der Waals surface area contributed by atoms with Gasteiger partial charge in [0.25, 0.3) is 0 Å². The number of thiocarbonyl (C=S) groups is 1. The number of rotatable bonds is 4. The van der Waals surface area contributed by atoms with Gasteiger partial charge in [-0.3, -0.25) is 10.9 Å². The molecule has 0 unspecified atom stereocenters. The van der Waals surface area contributed by atoms with Gasteiger partial charge in [-0.05, 0) is 43.4 Å². The molecule has 0 atom stereocenters. The summed E-state index contributed by atoms with van der Waals surface area (Å²) in [6.45, 7) is 1.58. The van der Waals surface area contributed by atoms with E-state index in [4.69, 9.17) is 12.2 Å². The number of phenolic OH excluding ortho intramolecular Hbond substituents is 5. The highest BCUT2D eigenvalue weighted by Gasteiger charge is 2.06. The fraction of sp³-hybridized carbons (Fsp3) is 0.0625. The molecule has 136 valence electrons. The van der Waals surface area contributed by atoms with Crippen molar-refractivity contribution in [2.24, 2.45) is 10.2 Å². The molecule has 0 amide bonds. The van der Waals surface area contributed by atoms with Crippen LogP contribution in [0.2, 0.25) is 0 Å². The van der Waals surface area contributed by atoms with E-state index in [9.17, 15) is 25.5 Å². The van der Waals surface area contributed by atoms with Gasteiger partial charge in [0.1, 0.15) is 11.5 Å². The summed E-state index contributed by atoms with van der Waals surface area (Å²) < 4.78 is 0. The van der Waals surface area contributed by atoms with Gasteiger partial charge in [0.05, 0.1) is 12.4 Å². The molecule has 26 heavy (non-hydrogen) atoms.